The summed E-state index contributed by atoms with van der Waals surface area (Å²) < 4.78 is 0. The fourth-order valence-electron chi connectivity index (χ4n) is 3.29. The van der Waals surface area contributed by atoms with Crippen LogP contribution in [0.15, 0.2) is 24.3 Å². The van der Waals surface area contributed by atoms with E-state index in [2.05, 4.69) is 43.5 Å². The molecule has 1 fully saturated rings. The number of anilines is 1. The molecule has 2 N–H and O–H groups in total. The molecule has 122 valence electrons. The molecule has 2 rings (SSSR count). The summed E-state index contributed by atoms with van der Waals surface area (Å²) in [6.45, 7) is 8.71. The van der Waals surface area contributed by atoms with Gasteiger partial charge in [-0.3, -0.25) is 4.79 Å². The molecule has 0 heterocycles. The quantitative estimate of drug-likeness (QED) is 0.863. The molecule has 0 bridgehead atoms. The van der Waals surface area contributed by atoms with Crippen LogP contribution in [0.1, 0.15) is 52.5 Å². The van der Waals surface area contributed by atoms with E-state index in [1.807, 2.05) is 19.1 Å². The van der Waals surface area contributed by atoms with Crippen LogP contribution in [0.2, 0.25) is 0 Å². The number of hydrogen-bond donors (Lipinski definition) is 2. The Hall–Kier alpha value is -1.35. The van der Waals surface area contributed by atoms with E-state index in [0.29, 0.717) is 12.0 Å². The maximum atomic E-state index is 12.4. The molecule has 1 aromatic rings. The zero-order chi connectivity index (χ0) is 16.1. The first-order valence-electron chi connectivity index (χ1n) is 8.67. The van der Waals surface area contributed by atoms with Gasteiger partial charge >= 0.3 is 0 Å². The lowest BCUT2D eigenvalue weighted by Crippen LogP contribution is -2.49. The van der Waals surface area contributed by atoms with Crippen molar-refractivity contribution in [2.24, 2.45) is 11.8 Å². The SMILES string of the molecule is CCc1ccc(NC(=O)[C@H](C)N[C@@H]2CCC[C@H](C)[C@@H]2C)cc1. The van der Waals surface area contributed by atoms with E-state index in [1.54, 1.807) is 0 Å². The molecule has 22 heavy (non-hydrogen) atoms. The number of rotatable bonds is 5. The lowest BCUT2D eigenvalue weighted by atomic mass is 9.78. The van der Waals surface area contributed by atoms with E-state index in [4.69, 9.17) is 0 Å². The second kappa shape index (κ2) is 7.77. The zero-order valence-corrected chi connectivity index (χ0v) is 14.4. The van der Waals surface area contributed by atoms with Crippen molar-refractivity contribution in [3.8, 4) is 0 Å². The average molecular weight is 302 g/mol. The molecule has 4 atom stereocenters. The van der Waals surface area contributed by atoms with E-state index >= 15 is 0 Å². The van der Waals surface area contributed by atoms with Crippen LogP contribution in [0.25, 0.3) is 0 Å². The predicted molar refractivity (Wildman–Crippen MR) is 93.0 cm³/mol. The maximum absolute atomic E-state index is 12.4. The van der Waals surface area contributed by atoms with E-state index in [1.165, 1.54) is 24.8 Å². The minimum absolute atomic E-state index is 0.0506. The van der Waals surface area contributed by atoms with Crippen molar-refractivity contribution < 1.29 is 4.79 Å². The smallest absolute Gasteiger partial charge is 0.241 e. The van der Waals surface area contributed by atoms with Crippen LogP contribution in [-0.4, -0.2) is 18.0 Å². The van der Waals surface area contributed by atoms with Crippen LogP contribution in [0.5, 0.6) is 0 Å². The van der Waals surface area contributed by atoms with Gasteiger partial charge in [-0.25, -0.2) is 0 Å². The predicted octanol–water partition coefficient (Wildman–Crippen LogP) is 3.99. The minimum atomic E-state index is -0.163. The first-order valence-corrected chi connectivity index (χ1v) is 8.67. The molecule has 1 aliphatic carbocycles. The molecule has 0 spiro atoms. The Kier molecular flexibility index (Phi) is 6.01. The number of benzene rings is 1. The maximum Gasteiger partial charge on any atom is 0.241 e. The van der Waals surface area contributed by atoms with Crippen LogP contribution in [0.4, 0.5) is 5.69 Å². The molecule has 0 radical (unpaired) electrons. The van der Waals surface area contributed by atoms with Crippen molar-refractivity contribution in [1.82, 2.24) is 5.32 Å². The van der Waals surface area contributed by atoms with Gasteiger partial charge in [0.2, 0.25) is 5.91 Å². The Balaban J connectivity index is 1.88. The summed E-state index contributed by atoms with van der Waals surface area (Å²) in [4.78, 5) is 12.4. The first-order chi connectivity index (χ1) is 10.5. The first kappa shape index (κ1) is 17.0. The summed E-state index contributed by atoms with van der Waals surface area (Å²) >= 11 is 0. The van der Waals surface area contributed by atoms with Crippen molar-refractivity contribution in [3.63, 3.8) is 0 Å². The molecule has 1 saturated carbocycles. The second-order valence-corrected chi connectivity index (χ2v) is 6.80. The molecular weight excluding hydrogens is 272 g/mol. The lowest BCUT2D eigenvalue weighted by molar-refractivity contribution is -0.118. The monoisotopic (exact) mass is 302 g/mol. The van der Waals surface area contributed by atoms with Gasteiger partial charge in [0.15, 0.2) is 0 Å². The summed E-state index contributed by atoms with van der Waals surface area (Å²) in [7, 11) is 0. The second-order valence-electron chi connectivity index (χ2n) is 6.80. The molecule has 1 aromatic carbocycles. The molecular formula is C19H30N2O. The summed E-state index contributed by atoms with van der Waals surface area (Å²) in [6.07, 6.45) is 4.76. The summed E-state index contributed by atoms with van der Waals surface area (Å²) in [5, 5.41) is 6.54. The van der Waals surface area contributed by atoms with Crippen LogP contribution in [0.3, 0.4) is 0 Å². The summed E-state index contributed by atoms with van der Waals surface area (Å²) in [5.74, 6) is 1.42. The molecule has 0 aliphatic heterocycles. The molecule has 3 nitrogen and oxygen atoms in total. The highest BCUT2D eigenvalue weighted by molar-refractivity contribution is 5.94. The van der Waals surface area contributed by atoms with Gasteiger partial charge in [0.05, 0.1) is 6.04 Å². The van der Waals surface area contributed by atoms with Gasteiger partial charge in [0.1, 0.15) is 0 Å². The number of hydrogen-bond acceptors (Lipinski definition) is 2. The zero-order valence-electron chi connectivity index (χ0n) is 14.4. The van der Waals surface area contributed by atoms with Gasteiger partial charge in [-0.1, -0.05) is 45.7 Å². The Morgan fingerprint density at radius 3 is 2.55 bits per heavy atom. The molecule has 0 saturated heterocycles. The highest BCUT2D eigenvalue weighted by Crippen LogP contribution is 2.29. The van der Waals surface area contributed by atoms with Crippen molar-refractivity contribution >= 4 is 11.6 Å². The minimum Gasteiger partial charge on any atom is -0.325 e. The fourth-order valence-corrected chi connectivity index (χ4v) is 3.29. The number of carbonyl (C=O) groups is 1. The number of nitrogens with one attached hydrogen (secondary N) is 2. The van der Waals surface area contributed by atoms with Crippen molar-refractivity contribution in [2.75, 3.05) is 5.32 Å². The highest BCUT2D eigenvalue weighted by Gasteiger charge is 2.29. The van der Waals surface area contributed by atoms with Gasteiger partial charge < -0.3 is 10.6 Å². The molecule has 1 aliphatic rings. The summed E-state index contributed by atoms with van der Waals surface area (Å²) in [5.41, 5.74) is 2.16. The van der Waals surface area contributed by atoms with E-state index in [0.717, 1.165) is 18.0 Å². The van der Waals surface area contributed by atoms with Gasteiger partial charge in [0, 0.05) is 11.7 Å². The van der Waals surface area contributed by atoms with E-state index in [-0.39, 0.29) is 11.9 Å². The lowest BCUT2D eigenvalue weighted by Gasteiger charge is -2.36. The third kappa shape index (κ3) is 4.33. The van der Waals surface area contributed by atoms with Gasteiger partial charge in [-0.2, -0.15) is 0 Å². The van der Waals surface area contributed by atoms with Crippen molar-refractivity contribution in [2.45, 2.75) is 65.5 Å². The summed E-state index contributed by atoms with van der Waals surface area (Å²) in [6, 6.07) is 8.39. The Morgan fingerprint density at radius 1 is 1.23 bits per heavy atom. The van der Waals surface area contributed by atoms with Gasteiger partial charge in [-0.05, 0) is 49.3 Å². The van der Waals surface area contributed by atoms with Gasteiger partial charge in [0.25, 0.3) is 0 Å². The Labute approximate surface area is 134 Å². The van der Waals surface area contributed by atoms with Crippen LogP contribution < -0.4 is 10.6 Å². The average Bonchev–Trinajstić information content (AvgIpc) is 2.52. The van der Waals surface area contributed by atoms with E-state index in [9.17, 15) is 4.79 Å². The van der Waals surface area contributed by atoms with Crippen molar-refractivity contribution in [1.29, 1.82) is 0 Å². The Bertz CT molecular complexity index is 483. The standard InChI is InChI=1S/C19H30N2O/c1-5-16-9-11-17(12-10-16)21-19(22)15(4)20-18-8-6-7-13(2)14(18)3/h9-15,18,20H,5-8H2,1-4H3,(H,21,22)/t13-,14-,15-,18+/m0/s1. The molecule has 1 amide bonds. The molecule has 0 aromatic heterocycles. The number of amides is 1. The van der Waals surface area contributed by atoms with Crippen LogP contribution in [-0.2, 0) is 11.2 Å². The third-order valence-corrected chi connectivity index (χ3v) is 5.19. The highest BCUT2D eigenvalue weighted by atomic mass is 16.2. The largest absolute Gasteiger partial charge is 0.325 e. The van der Waals surface area contributed by atoms with Crippen molar-refractivity contribution in [3.05, 3.63) is 29.8 Å². The van der Waals surface area contributed by atoms with Gasteiger partial charge in [-0.15, -0.1) is 0 Å². The number of carbonyl (C=O) groups excluding carboxylic acids is 1. The number of aryl methyl sites for hydroxylation is 1. The molecule has 0 unspecified atom stereocenters. The van der Waals surface area contributed by atoms with Crippen LogP contribution >= 0.6 is 0 Å². The van der Waals surface area contributed by atoms with Crippen LogP contribution in [0, 0.1) is 11.8 Å². The van der Waals surface area contributed by atoms with E-state index < -0.39 is 0 Å². The third-order valence-electron chi connectivity index (χ3n) is 5.19. The topological polar surface area (TPSA) is 41.1 Å². The molecule has 3 heteroatoms. The Morgan fingerprint density at radius 2 is 1.91 bits per heavy atom. The fraction of sp³-hybridized carbons (Fsp3) is 0.632. The normalized spacial score (nSPS) is 26.5.